The minimum Gasteiger partial charge on any atom is -0.496 e. The number of carbonyl (C=O) groups is 2. The van der Waals surface area contributed by atoms with E-state index in [1.54, 1.807) is 18.1 Å². The molecule has 0 saturated carbocycles. The van der Waals surface area contributed by atoms with Crippen LogP contribution in [0.25, 0.3) is 11.1 Å². The van der Waals surface area contributed by atoms with E-state index in [0.29, 0.717) is 54.1 Å². The van der Waals surface area contributed by atoms with Crippen molar-refractivity contribution >= 4 is 11.9 Å². The smallest absolute Gasteiger partial charge is 0.337 e. The average Bonchev–Trinajstić information content (AvgIpc) is 3.41. The highest BCUT2D eigenvalue weighted by Gasteiger charge is 2.38. The number of amides is 1. The van der Waals surface area contributed by atoms with Gasteiger partial charge in [0.05, 0.1) is 24.9 Å². The summed E-state index contributed by atoms with van der Waals surface area (Å²) in [6, 6.07) is 6.95. The molecule has 0 saturated heterocycles. The number of halogens is 1. The van der Waals surface area contributed by atoms with E-state index < -0.39 is 23.5 Å². The molecule has 5 rings (SSSR count). The summed E-state index contributed by atoms with van der Waals surface area (Å²) in [6.45, 7) is 14.2. The molecule has 7 nitrogen and oxygen atoms in total. The Hall–Kier alpha value is -3.91. The summed E-state index contributed by atoms with van der Waals surface area (Å²) >= 11 is 0. The topological polar surface area (TPSA) is 85.3 Å². The van der Waals surface area contributed by atoms with E-state index in [-0.39, 0.29) is 11.7 Å². The Morgan fingerprint density at radius 2 is 1.67 bits per heavy atom. The van der Waals surface area contributed by atoms with E-state index in [1.807, 2.05) is 60.6 Å². The number of rotatable bonds is 6. The number of ether oxygens (including phenoxy) is 3. The first kappa shape index (κ1) is 30.5. The van der Waals surface area contributed by atoms with Gasteiger partial charge in [0, 0.05) is 24.2 Å². The summed E-state index contributed by atoms with van der Waals surface area (Å²) < 4.78 is 33.0. The van der Waals surface area contributed by atoms with Crippen LogP contribution >= 0.6 is 0 Å². The SMILES string of the molecule is COc1cc(C)ccc1C(=O)N1Cc2c(C)c(-c3cc(F)c4c(c3C)CCCO4)c([C@H](OC(C)(C)C)C(=O)O)c(C)c2C1. The highest BCUT2D eigenvalue weighted by Crippen LogP contribution is 2.47. The number of aryl methyl sites for hydroxylation is 1. The summed E-state index contributed by atoms with van der Waals surface area (Å²) in [5.41, 5.74) is 7.44. The van der Waals surface area contributed by atoms with Gasteiger partial charge in [-0.2, -0.15) is 0 Å². The summed E-state index contributed by atoms with van der Waals surface area (Å²) in [6.07, 6.45) is 0.137. The average molecular weight is 590 g/mol. The van der Waals surface area contributed by atoms with Crippen LogP contribution in [0.3, 0.4) is 0 Å². The van der Waals surface area contributed by atoms with Crippen LogP contribution < -0.4 is 9.47 Å². The van der Waals surface area contributed by atoms with Gasteiger partial charge in [-0.25, -0.2) is 9.18 Å². The molecule has 3 aromatic rings. The molecule has 0 fully saturated rings. The fourth-order valence-electron chi connectivity index (χ4n) is 6.49. The highest BCUT2D eigenvalue weighted by atomic mass is 19.1. The molecule has 0 aromatic heterocycles. The Morgan fingerprint density at radius 1 is 1.00 bits per heavy atom. The summed E-state index contributed by atoms with van der Waals surface area (Å²) in [5, 5.41) is 10.5. The molecule has 228 valence electrons. The van der Waals surface area contributed by atoms with E-state index in [9.17, 15) is 14.7 Å². The van der Waals surface area contributed by atoms with Crippen molar-refractivity contribution in [3.8, 4) is 22.6 Å². The number of hydrogen-bond acceptors (Lipinski definition) is 5. The summed E-state index contributed by atoms with van der Waals surface area (Å²) in [4.78, 5) is 28.4. The van der Waals surface area contributed by atoms with E-state index in [1.165, 1.54) is 6.07 Å². The van der Waals surface area contributed by atoms with E-state index in [2.05, 4.69) is 0 Å². The fraction of sp³-hybridized carbons (Fsp3) is 0.429. The number of carboxylic acid groups (broad SMARTS) is 1. The number of carbonyl (C=O) groups excluding carboxylic acids is 1. The minimum atomic E-state index is -1.31. The van der Waals surface area contributed by atoms with E-state index in [4.69, 9.17) is 14.2 Å². The molecule has 1 amide bonds. The molecule has 0 radical (unpaired) electrons. The summed E-state index contributed by atoms with van der Waals surface area (Å²) in [5.74, 6) is -1.00. The molecule has 0 spiro atoms. The molecular formula is C35H40FNO6. The van der Waals surface area contributed by atoms with Crippen molar-refractivity contribution < 1.29 is 33.3 Å². The molecule has 2 aliphatic heterocycles. The van der Waals surface area contributed by atoms with E-state index >= 15 is 4.39 Å². The van der Waals surface area contributed by atoms with Crippen LogP contribution in [-0.4, -0.2) is 41.2 Å². The number of methoxy groups -OCH3 is 1. The van der Waals surface area contributed by atoms with Crippen LogP contribution in [0.5, 0.6) is 11.5 Å². The Balaban J connectivity index is 1.73. The zero-order valence-electron chi connectivity index (χ0n) is 26.2. The number of benzene rings is 3. The van der Waals surface area contributed by atoms with Crippen LogP contribution in [0.2, 0.25) is 0 Å². The van der Waals surface area contributed by atoms with Crippen molar-refractivity contribution in [2.45, 2.75) is 86.1 Å². The molecule has 3 aromatic carbocycles. The van der Waals surface area contributed by atoms with Crippen molar-refractivity contribution in [3.05, 3.63) is 80.2 Å². The lowest BCUT2D eigenvalue weighted by Crippen LogP contribution is -2.29. The monoisotopic (exact) mass is 589 g/mol. The number of carboxylic acids is 1. The van der Waals surface area contributed by atoms with Crippen LogP contribution in [0, 0.1) is 33.5 Å². The Kier molecular flexibility index (Phi) is 8.03. The first-order valence-corrected chi connectivity index (χ1v) is 14.7. The highest BCUT2D eigenvalue weighted by molar-refractivity contribution is 5.97. The van der Waals surface area contributed by atoms with Gasteiger partial charge in [-0.15, -0.1) is 0 Å². The van der Waals surface area contributed by atoms with Gasteiger partial charge in [0.2, 0.25) is 0 Å². The third-order valence-corrected chi connectivity index (χ3v) is 8.55. The largest absolute Gasteiger partial charge is 0.496 e. The standard InChI is InChI=1S/C35H40FNO6/c1-18-11-12-23(28(14-18)41-8)33(38)37-16-25-20(3)29(24-15-27(36)31-22(19(24)2)10-9-13-42-31)30(21(4)26(25)17-37)32(34(39)40)43-35(5,6)7/h11-12,14-15,32H,9-10,13,16-17H2,1-8H3,(H,39,40)/t32-/m0/s1. The number of aliphatic carboxylic acids is 1. The molecular weight excluding hydrogens is 549 g/mol. The van der Waals surface area contributed by atoms with Crippen molar-refractivity contribution in [2.24, 2.45) is 0 Å². The Bertz CT molecular complexity index is 1640. The molecule has 2 aliphatic rings. The van der Waals surface area contributed by atoms with E-state index in [0.717, 1.165) is 45.4 Å². The summed E-state index contributed by atoms with van der Waals surface area (Å²) in [7, 11) is 1.55. The predicted octanol–water partition coefficient (Wildman–Crippen LogP) is 7.16. The maximum atomic E-state index is 15.6. The lowest BCUT2D eigenvalue weighted by Gasteiger charge is -2.31. The first-order chi connectivity index (χ1) is 20.2. The molecule has 1 N–H and O–H groups in total. The zero-order valence-corrected chi connectivity index (χ0v) is 26.2. The normalized spacial score (nSPS) is 15.0. The van der Waals surface area contributed by atoms with Gasteiger partial charge in [-0.1, -0.05) is 6.07 Å². The molecule has 0 unspecified atom stereocenters. The molecule has 1 atom stereocenters. The number of nitrogens with zero attached hydrogens (tertiary/aromatic N) is 1. The number of fused-ring (bicyclic) bond motifs is 2. The van der Waals surface area contributed by atoms with Gasteiger partial charge < -0.3 is 24.2 Å². The number of hydrogen-bond donors (Lipinski definition) is 1. The second kappa shape index (κ2) is 11.3. The van der Waals surface area contributed by atoms with Crippen molar-refractivity contribution in [2.75, 3.05) is 13.7 Å². The van der Waals surface area contributed by atoms with Crippen LogP contribution in [0.4, 0.5) is 4.39 Å². The quantitative estimate of drug-likeness (QED) is 0.329. The van der Waals surface area contributed by atoms with Crippen LogP contribution in [-0.2, 0) is 29.0 Å². The lowest BCUT2D eigenvalue weighted by atomic mass is 9.81. The van der Waals surface area contributed by atoms with Crippen LogP contribution in [0.1, 0.15) is 88.2 Å². The molecule has 2 heterocycles. The predicted molar refractivity (Wildman–Crippen MR) is 162 cm³/mol. The van der Waals surface area contributed by atoms with Crippen LogP contribution in [0.15, 0.2) is 24.3 Å². The zero-order chi connectivity index (χ0) is 31.4. The van der Waals surface area contributed by atoms with Gasteiger partial charge in [-0.3, -0.25) is 4.79 Å². The van der Waals surface area contributed by atoms with Crippen molar-refractivity contribution in [1.82, 2.24) is 4.90 Å². The minimum absolute atomic E-state index is 0.177. The molecule has 0 aliphatic carbocycles. The third kappa shape index (κ3) is 5.49. The Morgan fingerprint density at radius 3 is 2.30 bits per heavy atom. The molecule has 8 heteroatoms. The molecule has 0 bridgehead atoms. The van der Waals surface area contributed by atoms with Gasteiger partial charge >= 0.3 is 5.97 Å². The maximum Gasteiger partial charge on any atom is 0.337 e. The first-order valence-electron chi connectivity index (χ1n) is 14.7. The lowest BCUT2D eigenvalue weighted by molar-refractivity contribution is -0.160. The Labute approximate surface area is 252 Å². The van der Waals surface area contributed by atoms with Gasteiger partial charge in [0.1, 0.15) is 5.75 Å². The van der Waals surface area contributed by atoms with Gasteiger partial charge in [0.15, 0.2) is 17.7 Å². The van der Waals surface area contributed by atoms with Gasteiger partial charge in [0.25, 0.3) is 5.91 Å². The fourth-order valence-corrected chi connectivity index (χ4v) is 6.49. The maximum absolute atomic E-state index is 15.6. The molecule has 43 heavy (non-hydrogen) atoms. The third-order valence-electron chi connectivity index (χ3n) is 8.55. The van der Waals surface area contributed by atoms with Crippen molar-refractivity contribution in [3.63, 3.8) is 0 Å². The van der Waals surface area contributed by atoms with Gasteiger partial charge in [-0.05, 0) is 124 Å². The second-order valence-corrected chi connectivity index (χ2v) is 12.6. The van der Waals surface area contributed by atoms with Crippen molar-refractivity contribution in [1.29, 1.82) is 0 Å². The second-order valence-electron chi connectivity index (χ2n) is 12.6.